The van der Waals surface area contributed by atoms with Gasteiger partial charge in [0.05, 0.1) is 0 Å². The molecule has 4 heteroatoms. The fourth-order valence-electron chi connectivity index (χ4n) is 7.57. The average Bonchev–Trinajstić information content (AvgIpc) is 3.20. The molecule has 0 bridgehead atoms. The summed E-state index contributed by atoms with van der Waals surface area (Å²) in [5, 5.41) is 6.54. The van der Waals surface area contributed by atoms with Crippen LogP contribution in [0.5, 0.6) is 0 Å². The first kappa shape index (κ1) is 51.2. The highest BCUT2D eigenvalue weighted by atomic mass is 16.2. The van der Waals surface area contributed by atoms with Crippen molar-refractivity contribution in [3.63, 3.8) is 0 Å². The maximum atomic E-state index is 12.7. The molecule has 1 fully saturated rings. The maximum Gasteiger partial charge on any atom is 0.220 e. The van der Waals surface area contributed by atoms with Gasteiger partial charge in [0.25, 0.3) is 0 Å². The number of nitrogens with one attached hydrogen (secondary N) is 2. The molecule has 56 heavy (non-hydrogen) atoms. The van der Waals surface area contributed by atoms with Crippen molar-refractivity contribution >= 4 is 11.8 Å². The van der Waals surface area contributed by atoms with Crippen LogP contribution in [0.3, 0.4) is 0 Å². The fourth-order valence-corrected chi connectivity index (χ4v) is 7.57. The highest BCUT2D eigenvalue weighted by Gasteiger charge is 2.27. The van der Waals surface area contributed by atoms with E-state index < -0.39 is 0 Å². The third-order valence-electron chi connectivity index (χ3n) is 11.2. The molecule has 0 radical (unpaired) electrons. The standard InChI is InChI=1S/C52H86N2O2/c1-3-5-7-9-11-13-15-17-19-21-23-25-27-29-31-33-35-37-39-41-47-51(55)53-49-45-43-44-46-50(49)54-52(56)48-42-40-38-36-34-32-30-28-26-24-22-20-18-16-14-12-10-8-6-4-2/h49-50H,3-20,29-48H2,1-2H3,(H,53,55)(H,54,56)/t49-,50-/m1/s1. The lowest BCUT2D eigenvalue weighted by Gasteiger charge is -2.33. The van der Waals surface area contributed by atoms with Gasteiger partial charge >= 0.3 is 0 Å². The summed E-state index contributed by atoms with van der Waals surface area (Å²) < 4.78 is 0. The van der Waals surface area contributed by atoms with Gasteiger partial charge in [0.2, 0.25) is 11.8 Å². The van der Waals surface area contributed by atoms with Crippen LogP contribution in [-0.4, -0.2) is 23.9 Å². The van der Waals surface area contributed by atoms with Crippen molar-refractivity contribution in [2.24, 2.45) is 0 Å². The molecule has 4 nitrogen and oxygen atoms in total. The number of carbonyl (C=O) groups is 2. The fraction of sp³-hybridized carbons (Fsp3) is 0.808. The predicted octanol–water partition coefficient (Wildman–Crippen LogP) is 13.8. The van der Waals surface area contributed by atoms with E-state index in [0.717, 1.165) is 89.9 Å². The van der Waals surface area contributed by atoms with Crippen LogP contribution in [-0.2, 0) is 9.59 Å². The van der Waals surface area contributed by atoms with E-state index in [1.54, 1.807) is 0 Å². The van der Waals surface area contributed by atoms with Crippen LogP contribution >= 0.6 is 0 Å². The first-order chi connectivity index (χ1) is 27.7. The molecule has 2 amide bonds. The summed E-state index contributed by atoms with van der Waals surface area (Å²) in [6.45, 7) is 4.54. The Balaban J connectivity index is 1.99. The third-order valence-corrected chi connectivity index (χ3v) is 11.2. The van der Waals surface area contributed by atoms with Gasteiger partial charge in [-0.25, -0.2) is 0 Å². The van der Waals surface area contributed by atoms with Gasteiger partial charge in [0, 0.05) is 50.6 Å². The van der Waals surface area contributed by atoms with Crippen LogP contribution in [0.25, 0.3) is 0 Å². The van der Waals surface area contributed by atoms with Gasteiger partial charge in [-0.05, 0) is 75.0 Å². The average molecular weight is 771 g/mol. The van der Waals surface area contributed by atoms with Gasteiger partial charge in [0.15, 0.2) is 0 Å². The van der Waals surface area contributed by atoms with Crippen LogP contribution in [0, 0.1) is 47.4 Å². The van der Waals surface area contributed by atoms with Gasteiger partial charge in [-0.3, -0.25) is 9.59 Å². The van der Waals surface area contributed by atoms with Gasteiger partial charge in [0.1, 0.15) is 0 Å². The van der Waals surface area contributed by atoms with Crippen LogP contribution < -0.4 is 10.6 Å². The Morgan fingerprint density at radius 2 is 0.625 bits per heavy atom. The first-order valence-corrected chi connectivity index (χ1v) is 24.2. The van der Waals surface area contributed by atoms with E-state index in [1.165, 1.54) is 141 Å². The van der Waals surface area contributed by atoms with E-state index in [1.807, 2.05) is 0 Å². The van der Waals surface area contributed by atoms with Crippen LogP contribution in [0.15, 0.2) is 0 Å². The number of amides is 2. The van der Waals surface area contributed by atoms with Crippen LogP contribution in [0.4, 0.5) is 0 Å². The zero-order valence-corrected chi connectivity index (χ0v) is 36.8. The van der Waals surface area contributed by atoms with Crippen molar-refractivity contribution in [1.29, 1.82) is 0 Å². The number of unbranched alkanes of at least 4 members (excludes halogenated alkanes) is 28. The maximum absolute atomic E-state index is 12.7. The smallest absolute Gasteiger partial charge is 0.220 e. The quantitative estimate of drug-likeness (QED) is 0.0506. The summed E-state index contributed by atoms with van der Waals surface area (Å²) in [6.07, 6.45) is 44.1. The molecule has 0 spiro atoms. The van der Waals surface area contributed by atoms with Crippen molar-refractivity contribution in [1.82, 2.24) is 10.6 Å². The first-order valence-electron chi connectivity index (χ1n) is 24.2. The van der Waals surface area contributed by atoms with E-state index >= 15 is 0 Å². The molecule has 0 aromatic carbocycles. The Bertz CT molecular complexity index is 1100. The Labute approximate surface area is 348 Å². The number of rotatable bonds is 34. The summed E-state index contributed by atoms with van der Waals surface area (Å²) in [4.78, 5) is 25.5. The number of hydrogen-bond donors (Lipinski definition) is 2. The minimum atomic E-state index is 0.0695. The molecule has 1 aliphatic carbocycles. The summed E-state index contributed by atoms with van der Waals surface area (Å²) in [6, 6.07) is 0.139. The zero-order chi connectivity index (χ0) is 40.3. The molecule has 0 saturated heterocycles. The summed E-state index contributed by atoms with van der Waals surface area (Å²) in [5.41, 5.74) is 0. The van der Waals surface area contributed by atoms with E-state index in [0.29, 0.717) is 12.8 Å². The van der Waals surface area contributed by atoms with Crippen LogP contribution in [0.2, 0.25) is 0 Å². The molecule has 2 atom stereocenters. The molecule has 316 valence electrons. The van der Waals surface area contributed by atoms with Crippen molar-refractivity contribution < 1.29 is 9.59 Å². The lowest BCUT2D eigenvalue weighted by Crippen LogP contribution is -2.53. The van der Waals surface area contributed by atoms with Gasteiger partial charge in [-0.15, -0.1) is 0 Å². The molecule has 1 rings (SSSR count). The number of hydrogen-bond acceptors (Lipinski definition) is 2. The highest BCUT2D eigenvalue weighted by molar-refractivity contribution is 5.77. The molecule has 0 aromatic heterocycles. The molecule has 0 unspecified atom stereocenters. The lowest BCUT2D eigenvalue weighted by molar-refractivity contribution is -0.125. The molecule has 1 saturated carbocycles. The Morgan fingerprint density at radius 1 is 0.375 bits per heavy atom. The monoisotopic (exact) mass is 771 g/mol. The molecule has 0 aliphatic heterocycles. The van der Waals surface area contributed by atoms with E-state index in [-0.39, 0.29) is 23.9 Å². The largest absolute Gasteiger partial charge is 0.351 e. The SMILES string of the molecule is CCCCCCCCCCC#CC#CCCCCCCCCC(=O)N[C@@H]1CCCC[C@H]1NC(=O)CCCCCCCCC#CC#CCCCCCCCCCC. The van der Waals surface area contributed by atoms with E-state index in [9.17, 15) is 9.59 Å². The zero-order valence-electron chi connectivity index (χ0n) is 36.8. The van der Waals surface area contributed by atoms with E-state index in [2.05, 4.69) is 71.8 Å². The minimum absolute atomic E-state index is 0.0695. The summed E-state index contributed by atoms with van der Waals surface area (Å²) in [5.74, 6) is 25.3. The van der Waals surface area contributed by atoms with Crippen LogP contribution in [0.1, 0.15) is 258 Å². The van der Waals surface area contributed by atoms with Gasteiger partial charge < -0.3 is 10.6 Å². The Hall–Kier alpha value is -2.82. The van der Waals surface area contributed by atoms with Crippen molar-refractivity contribution in [3.8, 4) is 47.4 Å². The molecule has 0 aromatic rings. The lowest BCUT2D eigenvalue weighted by atomic mass is 9.90. The van der Waals surface area contributed by atoms with Crippen molar-refractivity contribution in [2.45, 2.75) is 270 Å². The molecular weight excluding hydrogens is 685 g/mol. The highest BCUT2D eigenvalue weighted by Crippen LogP contribution is 2.20. The number of carbonyl (C=O) groups excluding carboxylic acids is 2. The molecular formula is C52H86N2O2. The molecule has 0 heterocycles. The van der Waals surface area contributed by atoms with Crippen molar-refractivity contribution in [3.05, 3.63) is 0 Å². The molecule has 2 N–H and O–H groups in total. The topological polar surface area (TPSA) is 58.2 Å². The Morgan fingerprint density at radius 3 is 0.911 bits per heavy atom. The second-order valence-corrected chi connectivity index (χ2v) is 16.5. The summed E-state index contributed by atoms with van der Waals surface area (Å²) in [7, 11) is 0. The van der Waals surface area contributed by atoms with Crippen molar-refractivity contribution in [2.75, 3.05) is 0 Å². The predicted molar refractivity (Wildman–Crippen MR) is 242 cm³/mol. The second-order valence-electron chi connectivity index (χ2n) is 16.5. The minimum Gasteiger partial charge on any atom is -0.351 e. The second kappa shape index (κ2) is 41.8. The Kier molecular flexibility index (Phi) is 38.2. The molecule has 1 aliphatic rings. The third kappa shape index (κ3) is 35.6. The van der Waals surface area contributed by atoms with E-state index in [4.69, 9.17) is 0 Å². The summed E-state index contributed by atoms with van der Waals surface area (Å²) >= 11 is 0. The van der Waals surface area contributed by atoms with Gasteiger partial charge in [-0.2, -0.15) is 0 Å². The normalized spacial score (nSPS) is 14.5. The van der Waals surface area contributed by atoms with Gasteiger partial charge in [-0.1, -0.05) is 192 Å².